The number of fused-ring (bicyclic) bond motifs is 1. The molecule has 0 fully saturated rings. The molecule has 3 heterocycles. The van der Waals surface area contributed by atoms with Crippen LogP contribution in [0.15, 0.2) is 54.2 Å². The zero-order chi connectivity index (χ0) is 19.7. The second-order valence-corrected chi connectivity index (χ2v) is 8.24. The Morgan fingerprint density at radius 3 is 2.89 bits per heavy atom. The summed E-state index contributed by atoms with van der Waals surface area (Å²) in [4.78, 5) is 21.2. The van der Waals surface area contributed by atoms with Crippen molar-refractivity contribution in [1.29, 1.82) is 0 Å². The lowest BCUT2D eigenvalue weighted by Crippen LogP contribution is -2.13. The number of carbonyl (C=O) groups is 1. The minimum atomic E-state index is -0.280. The summed E-state index contributed by atoms with van der Waals surface area (Å²) >= 11 is 7.66. The first kappa shape index (κ1) is 18.7. The molecule has 0 atom stereocenters. The van der Waals surface area contributed by atoms with Gasteiger partial charge >= 0.3 is 0 Å². The van der Waals surface area contributed by atoms with Crippen LogP contribution in [0.25, 0.3) is 16.0 Å². The van der Waals surface area contributed by atoms with Gasteiger partial charge in [-0.3, -0.25) is 9.36 Å². The monoisotopic (exact) mass is 410 g/mol. The zero-order valence-electron chi connectivity index (χ0n) is 15.5. The lowest BCUT2D eigenvalue weighted by molar-refractivity contribution is 0.102. The van der Waals surface area contributed by atoms with Gasteiger partial charge in [0.1, 0.15) is 11.5 Å². The van der Waals surface area contributed by atoms with Gasteiger partial charge in [-0.05, 0) is 42.2 Å². The van der Waals surface area contributed by atoms with E-state index in [9.17, 15) is 4.79 Å². The fourth-order valence-corrected chi connectivity index (χ4v) is 4.09. The minimum absolute atomic E-state index is 0.280. The van der Waals surface area contributed by atoms with Gasteiger partial charge < -0.3 is 5.32 Å². The lowest BCUT2D eigenvalue weighted by Gasteiger charge is -2.02. The number of aromatic nitrogens is 3. The van der Waals surface area contributed by atoms with Crippen LogP contribution in [0, 0.1) is 5.92 Å². The highest BCUT2D eigenvalue weighted by atomic mass is 35.5. The molecule has 1 amide bonds. The number of carbonyl (C=O) groups excluding carboxylic acids is 1. The van der Waals surface area contributed by atoms with Crippen LogP contribution in [0.2, 0.25) is 5.02 Å². The molecule has 0 aliphatic rings. The van der Waals surface area contributed by atoms with Crippen LogP contribution in [-0.4, -0.2) is 20.4 Å². The normalized spacial score (nSPS) is 11.3. The summed E-state index contributed by atoms with van der Waals surface area (Å²) in [5.74, 6) is 0.753. The van der Waals surface area contributed by atoms with Gasteiger partial charge in [0.25, 0.3) is 5.91 Å². The molecule has 0 spiro atoms. The summed E-state index contributed by atoms with van der Waals surface area (Å²) in [7, 11) is 0. The molecule has 0 unspecified atom stereocenters. The molecule has 1 N–H and O–H groups in total. The zero-order valence-corrected chi connectivity index (χ0v) is 17.1. The highest BCUT2D eigenvalue weighted by Crippen LogP contribution is 2.30. The van der Waals surface area contributed by atoms with E-state index in [1.165, 1.54) is 16.9 Å². The van der Waals surface area contributed by atoms with Crippen LogP contribution in [0.5, 0.6) is 0 Å². The van der Waals surface area contributed by atoms with Crippen molar-refractivity contribution in [2.24, 2.45) is 5.92 Å². The third-order valence-electron chi connectivity index (χ3n) is 4.32. The topological polar surface area (TPSA) is 59.8 Å². The molecule has 0 saturated heterocycles. The maximum absolute atomic E-state index is 12.5. The van der Waals surface area contributed by atoms with Crippen LogP contribution >= 0.6 is 22.9 Å². The van der Waals surface area contributed by atoms with Crippen molar-refractivity contribution in [1.82, 2.24) is 14.5 Å². The van der Waals surface area contributed by atoms with Crippen molar-refractivity contribution < 1.29 is 4.79 Å². The summed E-state index contributed by atoms with van der Waals surface area (Å²) in [5, 5.41) is 7.08. The number of hydrogen-bond acceptors (Lipinski definition) is 4. The Balaban J connectivity index is 1.69. The average molecular weight is 411 g/mol. The van der Waals surface area contributed by atoms with E-state index in [2.05, 4.69) is 35.3 Å². The molecule has 142 valence electrons. The Labute approximate surface area is 172 Å². The van der Waals surface area contributed by atoms with Gasteiger partial charge in [0.2, 0.25) is 0 Å². The molecule has 3 aromatic heterocycles. The van der Waals surface area contributed by atoms with Crippen molar-refractivity contribution in [3.05, 3.63) is 70.5 Å². The average Bonchev–Trinajstić information content (AvgIpc) is 3.27. The number of nitrogens with zero attached hydrogens (tertiary/aromatic N) is 3. The van der Waals surface area contributed by atoms with E-state index in [4.69, 9.17) is 11.6 Å². The summed E-state index contributed by atoms with van der Waals surface area (Å²) in [6.45, 7) is 4.39. The number of thiazole rings is 1. The SMILES string of the molecule is CC(C)Cc1cn(-c2nc(C(=O)Nc3ccccn3)cs2)c2cc(Cl)ccc12. The molecule has 4 aromatic rings. The van der Waals surface area contributed by atoms with Crippen molar-refractivity contribution in [3.63, 3.8) is 0 Å². The highest BCUT2D eigenvalue weighted by Gasteiger charge is 2.16. The predicted octanol–water partition coefficient (Wildman–Crippen LogP) is 5.59. The summed E-state index contributed by atoms with van der Waals surface area (Å²) in [5.41, 5.74) is 2.60. The van der Waals surface area contributed by atoms with E-state index in [-0.39, 0.29) is 5.91 Å². The van der Waals surface area contributed by atoms with Gasteiger partial charge in [0.05, 0.1) is 5.52 Å². The maximum atomic E-state index is 12.5. The van der Waals surface area contributed by atoms with Gasteiger partial charge in [-0.2, -0.15) is 0 Å². The fraction of sp³-hybridized carbons (Fsp3) is 0.190. The Kier molecular flexibility index (Phi) is 5.15. The first-order valence-corrected chi connectivity index (χ1v) is 10.2. The third kappa shape index (κ3) is 3.79. The molecule has 0 bridgehead atoms. The number of anilines is 1. The van der Waals surface area contributed by atoms with Crippen LogP contribution in [-0.2, 0) is 6.42 Å². The van der Waals surface area contributed by atoms with Gasteiger partial charge in [0.15, 0.2) is 5.13 Å². The summed E-state index contributed by atoms with van der Waals surface area (Å²) in [6.07, 6.45) is 4.69. The minimum Gasteiger partial charge on any atom is -0.305 e. The first-order valence-electron chi connectivity index (χ1n) is 8.99. The lowest BCUT2D eigenvalue weighted by atomic mass is 10.0. The molecule has 0 aliphatic heterocycles. The molecular formula is C21H19ClN4OS. The highest BCUT2D eigenvalue weighted by molar-refractivity contribution is 7.12. The third-order valence-corrected chi connectivity index (χ3v) is 5.39. The Morgan fingerprint density at radius 1 is 1.29 bits per heavy atom. The number of rotatable bonds is 5. The Morgan fingerprint density at radius 2 is 2.14 bits per heavy atom. The van der Waals surface area contributed by atoms with E-state index in [0.29, 0.717) is 22.5 Å². The van der Waals surface area contributed by atoms with Gasteiger partial charge in [-0.1, -0.05) is 37.6 Å². The molecule has 0 radical (unpaired) electrons. The number of nitrogens with one attached hydrogen (secondary N) is 1. The number of benzene rings is 1. The molecule has 1 aromatic carbocycles. The van der Waals surface area contributed by atoms with Gasteiger partial charge in [-0.25, -0.2) is 9.97 Å². The number of hydrogen-bond donors (Lipinski definition) is 1. The molecule has 28 heavy (non-hydrogen) atoms. The van der Waals surface area contributed by atoms with Gasteiger partial charge in [0, 0.05) is 28.2 Å². The summed E-state index contributed by atoms with van der Waals surface area (Å²) in [6, 6.07) is 11.3. The molecule has 0 saturated carbocycles. The van der Waals surface area contributed by atoms with E-state index in [0.717, 1.165) is 22.5 Å². The smallest absolute Gasteiger partial charge is 0.276 e. The van der Waals surface area contributed by atoms with Gasteiger partial charge in [-0.15, -0.1) is 11.3 Å². The quantitative estimate of drug-likeness (QED) is 0.466. The molecular weight excluding hydrogens is 392 g/mol. The Bertz CT molecular complexity index is 1130. The number of pyridine rings is 1. The predicted molar refractivity (Wildman–Crippen MR) is 115 cm³/mol. The second kappa shape index (κ2) is 7.73. The van der Waals surface area contributed by atoms with E-state index in [1.807, 2.05) is 28.8 Å². The fourth-order valence-electron chi connectivity index (χ4n) is 3.13. The molecule has 4 rings (SSSR count). The van der Waals surface area contributed by atoms with Crippen LogP contribution in [0.1, 0.15) is 29.9 Å². The molecule has 0 aliphatic carbocycles. The van der Waals surface area contributed by atoms with Crippen LogP contribution in [0.4, 0.5) is 5.82 Å². The first-order chi connectivity index (χ1) is 13.5. The standard InChI is InChI=1S/C21H19ClN4OS/c1-13(2)9-14-11-26(18-10-15(22)6-7-16(14)18)21-24-17(12-28-21)20(27)25-19-5-3-4-8-23-19/h3-8,10-13H,9H2,1-2H3,(H,23,25,27). The Hall–Kier alpha value is -2.70. The maximum Gasteiger partial charge on any atom is 0.276 e. The van der Waals surface area contributed by atoms with E-state index < -0.39 is 0 Å². The van der Waals surface area contributed by atoms with Crippen LogP contribution < -0.4 is 5.32 Å². The molecule has 7 heteroatoms. The van der Waals surface area contributed by atoms with Crippen molar-refractivity contribution >= 4 is 45.6 Å². The van der Waals surface area contributed by atoms with E-state index >= 15 is 0 Å². The van der Waals surface area contributed by atoms with Crippen molar-refractivity contribution in [3.8, 4) is 5.13 Å². The van der Waals surface area contributed by atoms with Crippen LogP contribution in [0.3, 0.4) is 0 Å². The largest absolute Gasteiger partial charge is 0.305 e. The number of halogens is 1. The molecule has 5 nitrogen and oxygen atoms in total. The van der Waals surface area contributed by atoms with E-state index in [1.54, 1.807) is 23.7 Å². The van der Waals surface area contributed by atoms with Crippen molar-refractivity contribution in [2.45, 2.75) is 20.3 Å². The second-order valence-electron chi connectivity index (χ2n) is 6.97. The van der Waals surface area contributed by atoms with Crippen molar-refractivity contribution in [2.75, 3.05) is 5.32 Å². The summed E-state index contributed by atoms with van der Waals surface area (Å²) < 4.78 is 2.02. The number of amides is 1.